The fraction of sp³-hybridized carbons (Fsp3) is 0.350. The van der Waals surface area contributed by atoms with Gasteiger partial charge in [-0.15, -0.1) is 0 Å². The second-order valence-electron chi connectivity index (χ2n) is 6.80. The zero-order valence-electron chi connectivity index (χ0n) is 14.3. The molecule has 3 aromatic rings. The number of aromatic nitrogens is 2. The number of pyridine rings is 1. The second-order valence-corrected chi connectivity index (χ2v) is 6.80. The Balaban J connectivity index is 1.32. The van der Waals surface area contributed by atoms with Crippen LogP contribution in [0.5, 0.6) is 5.75 Å². The Hall–Kier alpha value is -2.40. The van der Waals surface area contributed by atoms with E-state index in [1.807, 2.05) is 0 Å². The summed E-state index contributed by atoms with van der Waals surface area (Å²) in [4.78, 5) is 9.60. The SMILES string of the molecule is Cc1ccc2cc(CN3CCC(Oc4ccc(F)nc4)CC3)[nH]c2c1. The van der Waals surface area contributed by atoms with E-state index in [1.165, 1.54) is 34.4 Å². The highest BCUT2D eigenvalue weighted by atomic mass is 19.1. The van der Waals surface area contributed by atoms with Crippen LogP contribution in [0.3, 0.4) is 0 Å². The van der Waals surface area contributed by atoms with E-state index in [2.05, 4.69) is 46.1 Å². The fourth-order valence-corrected chi connectivity index (χ4v) is 3.44. The number of ether oxygens (including phenoxy) is 1. The van der Waals surface area contributed by atoms with Gasteiger partial charge in [-0.3, -0.25) is 4.90 Å². The lowest BCUT2D eigenvalue weighted by Crippen LogP contribution is -2.37. The van der Waals surface area contributed by atoms with Crippen LogP contribution in [0.1, 0.15) is 24.1 Å². The topological polar surface area (TPSA) is 41.1 Å². The summed E-state index contributed by atoms with van der Waals surface area (Å²) in [6.07, 6.45) is 3.57. The van der Waals surface area contributed by atoms with Crippen LogP contribution in [0.2, 0.25) is 0 Å². The van der Waals surface area contributed by atoms with Crippen molar-refractivity contribution in [2.75, 3.05) is 13.1 Å². The third kappa shape index (κ3) is 3.82. The van der Waals surface area contributed by atoms with Crippen molar-refractivity contribution in [1.82, 2.24) is 14.9 Å². The fourth-order valence-electron chi connectivity index (χ4n) is 3.44. The summed E-state index contributed by atoms with van der Waals surface area (Å²) in [5, 5.41) is 1.27. The number of piperidine rings is 1. The predicted octanol–water partition coefficient (Wildman–Crippen LogP) is 4.05. The smallest absolute Gasteiger partial charge is 0.213 e. The van der Waals surface area contributed by atoms with Gasteiger partial charge in [-0.25, -0.2) is 4.98 Å². The van der Waals surface area contributed by atoms with Gasteiger partial charge in [0.15, 0.2) is 0 Å². The summed E-state index contributed by atoms with van der Waals surface area (Å²) in [6.45, 7) is 5.03. The Morgan fingerprint density at radius 2 is 2.04 bits per heavy atom. The van der Waals surface area contributed by atoms with E-state index < -0.39 is 5.95 Å². The van der Waals surface area contributed by atoms with Gasteiger partial charge < -0.3 is 9.72 Å². The molecule has 1 saturated heterocycles. The Labute approximate surface area is 146 Å². The first-order valence-electron chi connectivity index (χ1n) is 8.74. The van der Waals surface area contributed by atoms with Crippen LogP contribution in [-0.2, 0) is 6.54 Å². The lowest BCUT2D eigenvalue weighted by molar-refractivity contribution is 0.0958. The van der Waals surface area contributed by atoms with Gasteiger partial charge in [0.05, 0.1) is 6.20 Å². The Kier molecular flexibility index (Phi) is 4.40. The number of rotatable bonds is 4. The summed E-state index contributed by atoms with van der Waals surface area (Å²) >= 11 is 0. The number of nitrogens with one attached hydrogen (secondary N) is 1. The highest BCUT2D eigenvalue weighted by molar-refractivity contribution is 5.81. The first kappa shape index (κ1) is 16.1. The zero-order chi connectivity index (χ0) is 17.2. The van der Waals surface area contributed by atoms with Gasteiger partial charge in [-0.05, 0) is 55.0 Å². The van der Waals surface area contributed by atoms with E-state index in [-0.39, 0.29) is 6.10 Å². The molecule has 0 unspecified atom stereocenters. The minimum absolute atomic E-state index is 0.175. The van der Waals surface area contributed by atoms with Crippen molar-refractivity contribution in [1.29, 1.82) is 0 Å². The van der Waals surface area contributed by atoms with E-state index in [4.69, 9.17) is 4.74 Å². The normalized spacial score (nSPS) is 16.4. The van der Waals surface area contributed by atoms with Gasteiger partial charge in [-0.1, -0.05) is 12.1 Å². The molecule has 1 fully saturated rings. The Bertz CT molecular complexity index is 851. The molecule has 0 saturated carbocycles. The predicted molar refractivity (Wildman–Crippen MR) is 96.2 cm³/mol. The molecule has 1 aliphatic rings. The van der Waals surface area contributed by atoms with Gasteiger partial charge in [0.1, 0.15) is 11.9 Å². The minimum Gasteiger partial charge on any atom is -0.489 e. The lowest BCUT2D eigenvalue weighted by atomic mass is 10.1. The van der Waals surface area contributed by atoms with E-state index in [0.717, 1.165) is 32.5 Å². The molecule has 0 radical (unpaired) electrons. The number of benzene rings is 1. The number of H-pyrrole nitrogens is 1. The molecule has 1 aliphatic heterocycles. The molecule has 5 heteroatoms. The average molecular weight is 339 g/mol. The molecule has 0 amide bonds. The number of hydrogen-bond acceptors (Lipinski definition) is 3. The van der Waals surface area contributed by atoms with Gasteiger partial charge in [0, 0.05) is 30.8 Å². The molecule has 4 nitrogen and oxygen atoms in total. The first-order chi connectivity index (χ1) is 12.2. The number of halogens is 1. The summed E-state index contributed by atoms with van der Waals surface area (Å²) in [5.74, 6) is 0.168. The van der Waals surface area contributed by atoms with Crippen LogP contribution in [0, 0.1) is 12.9 Å². The number of hydrogen-bond donors (Lipinski definition) is 1. The van der Waals surface area contributed by atoms with Gasteiger partial charge >= 0.3 is 0 Å². The summed E-state index contributed by atoms with van der Waals surface area (Å²) in [7, 11) is 0. The van der Waals surface area contributed by atoms with Crippen molar-refractivity contribution >= 4 is 10.9 Å². The monoisotopic (exact) mass is 339 g/mol. The van der Waals surface area contributed by atoms with Gasteiger partial charge in [0.2, 0.25) is 5.95 Å². The molecule has 4 rings (SSSR count). The van der Waals surface area contributed by atoms with Crippen LogP contribution >= 0.6 is 0 Å². The molecule has 1 N–H and O–H groups in total. The van der Waals surface area contributed by atoms with Crippen molar-refractivity contribution < 1.29 is 9.13 Å². The Morgan fingerprint density at radius 1 is 1.20 bits per heavy atom. The van der Waals surface area contributed by atoms with Gasteiger partial charge in [0.25, 0.3) is 0 Å². The second kappa shape index (κ2) is 6.84. The molecule has 25 heavy (non-hydrogen) atoms. The third-order valence-electron chi connectivity index (χ3n) is 4.77. The number of nitrogens with zero attached hydrogens (tertiary/aromatic N) is 2. The highest BCUT2D eigenvalue weighted by Gasteiger charge is 2.21. The number of likely N-dealkylation sites (tertiary alicyclic amines) is 1. The maximum Gasteiger partial charge on any atom is 0.213 e. The molecule has 0 aliphatic carbocycles. The van der Waals surface area contributed by atoms with Crippen LogP contribution in [0.4, 0.5) is 4.39 Å². The van der Waals surface area contributed by atoms with E-state index in [9.17, 15) is 4.39 Å². The average Bonchev–Trinajstić information content (AvgIpc) is 3.00. The van der Waals surface area contributed by atoms with Crippen molar-refractivity contribution in [3.05, 3.63) is 59.8 Å². The zero-order valence-corrected chi connectivity index (χ0v) is 14.3. The third-order valence-corrected chi connectivity index (χ3v) is 4.77. The van der Waals surface area contributed by atoms with E-state index in [0.29, 0.717) is 5.75 Å². The van der Waals surface area contributed by atoms with Gasteiger partial charge in [-0.2, -0.15) is 4.39 Å². The highest BCUT2D eigenvalue weighted by Crippen LogP contribution is 2.22. The largest absolute Gasteiger partial charge is 0.489 e. The van der Waals surface area contributed by atoms with Crippen molar-refractivity contribution in [2.45, 2.75) is 32.4 Å². The Morgan fingerprint density at radius 3 is 2.80 bits per heavy atom. The molecule has 1 aromatic carbocycles. The van der Waals surface area contributed by atoms with Crippen LogP contribution in [-0.4, -0.2) is 34.1 Å². The summed E-state index contributed by atoms with van der Waals surface area (Å²) in [5.41, 5.74) is 3.73. The van der Waals surface area contributed by atoms with E-state index in [1.54, 1.807) is 6.07 Å². The van der Waals surface area contributed by atoms with Crippen LogP contribution in [0.25, 0.3) is 10.9 Å². The van der Waals surface area contributed by atoms with Crippen molar-refractivity contribution in [2.24, 2.45) is 0 Å². The first-order valence-corrected chi connectivity index (χ1v) is 8.74. The standard InChI is InChI=1S/C20H22FN3O/c1-14-2-3-15-11-16(23-19(15)10-14)13-24-8-6-17(7-9-24)25-18-4-5-20(21)22-12-18/h2-5,10-12,17,23H,6-9,13H2,1H3. The van der Waals surface area contributed by atoms with Crippen LogP contribution < -0.4 is 4.74 Å². The molecule has 0 spiro atoms. The van der Waals surface area contributed by atoms with E-state index >= 15 is 0 Å². The molecule has 2 aromatic heterocycles. The maximum atomic E-state index is 12.8. The number of fused-ring (bicyclic) bond motifs is 1. The summed E-state index contributed by atoms with van der Waals surface area (Å²) in [6, 6.07) is 11.7. The number of aromatic amines is 1. The molecule has 0 bridgehead atoms. The quantitative estimate of drug-likeness (QED) is 0.729. The molecular weight excluding hydrogens is 317 g/mol. The maximum absolute atomic E-state index is 12.8. The van der Waals surface area contributed by atoms with Crippen molar-refractivity contribution in [3.8, 4) is 5.75 Å². The van der Waals surface area contributed by atoms with Crippen LogP contribution in [0.15, 0.2) is 42.6 Å². The summed E-state index contributed by atoms with van der Waals surface area (Å²) < 4.78 is 18.8. The minimum atomic E-state index is -0.476. The number of aryl methyl sites for hydroxylation is 1. The molecule has 0 atom stereocenters. The molecule has 3 heterocycles. The lowest BCUT2D eigenvalue weighted by Gasteiger charge is -2.31. The molecule has 130 valence electrons. The van der Waals surface area contributed by atoms with Crippen molar-refractivity contribution in [3.63, 3.8) is 0 Å². The molecular formula is C20H22FN3O.